The number of aliphatic hydroxyl groups excluding tert-OH is 1. The van der Waals surface area contributed by atoms with Gasteiger partial charge in [0.15, 0.2) is 0 Å². The fourth-order valence-electron chi connectivity index (χ4n) is 5.41. The van der Waals surface area contributed by atoms with Crippen LogP contribution in [-0.2, 0) is 46.2 Å². The minimum absolute atomic E-state index is 0.0135. The maximum absolute atomic E-state index is 12.0. The number of rotatable bonds is 35. The van der Waals surface area contributed by atoms with Crippen LogP contribution in [0.1, 0.15) is 38.8 Å². The van der Waals surface area contributed by atoms with E-state index in [9.17, 15) is 14.7 Å². The van der Waals surface area contributed by atoms with Gasteiger partial charge in [0.25, 0.3) is 0 Å². The largest absolute Gasteiger partial charge is 0.491 e. The number of ether oxygens (including phenoxy) is 8. The van der Waals surface area contributed by atoms with Gasteiger partial charge >= 0.3 is 11.9 Å². The zero-order valence-corrected chi connectivity index (χ0v) is 36.3. The molecule has 0 amide bonds. The summed E-state index contributed by atoms with van der Waals surface area (Å²) in [6.45, 7) is 8.83. The molecule has 3 aromatic rings. The molecule has 330 valence electrons. The number of benzene rings is 1. The lowest BCUT2D eigenvalue weighted by Crippen LogP contribution is -2.32. The van der Waals surface area contributed by atoms with Crippen molar-refractivity contribution < 1.29 is 52.6 Å². The molecule has 0 bridgehead atoms. The van der Waals surface area contributed by atoms with Gasteiger partial charge in [-0.1, -0.05) is 12.1 Å². The van der Waals surface area contributed by atoms with E-state index in [0.717, 1.165) is 35.1 Å². The zero-order chi connectivity index (χ0) is 42.9. The van der Waals surface area contributed by atoms with Crippen molar-refractivity contribution in [3.8, 4) is 5.75 Å². The lowest BCUT2D eigenvalue weighted by atomic mass is 10.3. The predicted molar refractivity (Wildman–Crippen MR) is 231 cm³/mol. The molecule has 0 radical (unpaired) electrons. The first kappa shape index (κ1) is 50.4. The zero-order valence-electron chi connectivity index (χ0n) is 34.7. The summed E-state index contributed by atoms with van der Waals surface area (Å²) in [4.78, 5) is 40.8. The number of aliphatic imine (C=N–C) groups is 1. The molecule has 1 aromatic carbocycles. The molecule has 0 aliphatic rings. The van der Waals surface area contributed by atoms with E-state index in [1.54, 1.807) is 24.3 Å². The number of aliphatic hydroxyl groups is 1. The Balaban J connectivity index is 1.24. The van der Waals surface area contributed by atoms with E-state index in [4.69, 9.17) is 37.9 Å². The average Bonchev–Trinajstić information content (AvgIpc) is 3.27. The molecule has 18 heteroatoms. The number of esters is 2. The number of isothiocyanates is 1. The third kappa shape index (κ3) is 22.6. The molecule has 60 heavy (non-hydrogen) atoms. The first-order valence-electron chi connectivity index (χ1n) is 19.9. The number of carbonyl (C=O) groups excluding carboxylic acids is 2. The fraction of sp³-hybridized carbons (Fsp3) is 0.548. The summed E-state index contributed by atoms with van der Waals surface area (Å²) in [6, 6.07) is 17.8. The summed E-state index contributed by atoms with van der Waals surface area (Å²) in [6.07, 6.45) is 0.930. The molecule has 3 rings (SSSR count). The number of carbonyl (C=O) groups is 2. The molecule has 0 aliphatic heterocycles. The number of pyridine rings is 2. The third-order valence-electron chi connectivity index (χ3n) is 8.45. The van der Waals surface area contributed by atoms with Crippen molar-refractivity contribution in [3.63, 3.8) is 0 Å². The van der Waals surface area contributed by atoms with Gasteiger partial charge in [0.05, 0.1) is 103 Å². The van der Waals surface area contributed by atoms with Gasteiger partial charge < -0.3 is 43.0 Å². The number of aromatic nitrogens is 2. The Morgan fingerprint density at radius 2 is 1.15 bits per heavy atom. The highest BCUT2D eigenvalue weighted by Crippen LogP contribution is 2.17. The Morgan fingerprint density at radius 3 is 1.68 bits per heavy atom. The van der Waals surface area contributed by atoms with Crippen LogP contribution in [0.4, 0.5) is 5.69 Å². The van der Waals surface area contributed by atoms with E-state index in [-0.39, 0.29) is 18.0 Å². The minimum atomic E-state index is -0.494. The molecule has 2 heterocycles. The fourth-order valence-corrected chi connectivity index (χ4v) is 6.28. The topological polar surface area (TPSA) is 173 Å². The standard InChI is InChI=1S/C42H59N5O11S2/c1-51-41(49)39-8-3-6-36(44-39)32-46(14-18-48)15-21-54-23-24-55-22-17-47(33-37-7-4-9-40(45-37)42(50)52-2)16-20-53-19-5-30-60-31-29-57-26-25-56-27-28-58-38-12-10-35(11-13-38)43-34-59/h3-4,6-13,48H,5,14-33H2,1-2H3. The van der Waals surface area contributed by atoms with E-state index in [0.29, 0.717) is 118 Å². The molecule has 16 nitrogen and oxygen atoms in total. The van der Waals surface area contributed by atoms with Crippen LogP contribution in [0.5, 0.6) is 5.75 Å². The Bertz CT molecular complexity index is 1670. The number of methoxy groups -OCH3 is 2. The Morgan fingerprint density at radius 1 is 0.650 bits per heavy atom. The summed E-state index contributed by atoms with van der Waals surface area (Å²) < 4.78 is 44.2. The smallest absolute Gasteiger partial charge is 0.356 e. The minimum Gasteiger partial charge on any atom is -0.491 e. The molecule has 0 fully saturated rings. The van der Waals surface area contributed by atoms with Gasteiger partial charge in [-0.05, 0) is 72.9 Å². The van der Waals surface area contributed by atoms with E-state index < -0.39 is 11.9 Å². The first-order valence-corrected chi connectivity index (χ1v) is 21.4. The van der Waals surface area contributed by atoms with Crippen molar-refractivity contribution in [2.75, 3.05) is 131 Å². The van der Waals surface area contributed by atoms with Crippen LogP contribution in [0.25, 0.3) is 0 Å². The highest BCUT2D eigenvalue weighted by molar-refractivity contribution is 7.99. The summed E-state index contributed by atoms with van der Waals surface area (Å²) in [5.74, 6) is 1.65. The molecule has 1 N–H and O–H groups in total. The SMILES string of the molecule is COC(=O)c1cccc(CN(CCO)CCOCCOCCN(CCOCCCSCCOCCOCCOc2ccc(N=C=S)cc2)Cc2cccc(C(=O)OC)n2)n1. The normalized spacial score (nSPS) is 11.2. The Labute approximate surface area is 362 Å². The monoisotopic (exact) mass is 873 g/mol. The summed E-state index contributed by atoms with van der Waals surface area (Å²) in [5.41, 5.74) is 2.69. The van der Waals surface area contributed by atoms with Crippen LogP contribution >= 0.6 is 24.0 Å². The second-order valence-corrected chi connectivity index (χ2v) is 14.3. The highest BCUT2D eigenvalue weighted by atomic mass is 32.2. The number of nitrogens with zero attached hydrogens (tertiary/aromatic N) is 5. The van der Waals surface area contributed by atoms with Crippen LogP contribution in [0.2, 0.25) is 0 Å². The first-order chi connectivity index (χ1) is 29.4. The number of hydrogen-bond acceptors (Lipinski definition) is 18. The Kier molecular flexibility index (Phi) is 27.6. The van der Waals surface area contributed by atoms with Crippen LogP contribution in [0.15, 0.2) is 65.7 Å². The summed E-state index contributed by atoms with van der Waals surface area (Å²) >= 11 is 6.44. The molecular formula is C42H59N5O11S2. The van der Waals surface area contributed by atoms with Crippen molar-refractivity contribution in [2.45, 2.75) is 19.5 Å². The van der Waals surface area contributed by atoms with Crippen LogP contribution in [0.3, 0.4) is 0 Å². The molecule has 0 spiro atoms. The van der Waals surface area contributed by atoms with Crippen LogP contribution < -0.4 is 4.74 Å². The Hall–Kier alpha value is -3.91. The van der Waals surface area contributed by atoms with Crippen molar-refractivity contribution in [1.29, 1.82) is 0 Å². The van der Waals surface area contributed by atoms with Crippen molar-refractivity contribution in [2.24, 2.45) is 4.99 Å². The van der Waals surface area contributed by atoms with E-state index in [1.807, 2.05) is 53.1 Å². The van der Waals surface area contributed by atoms with E-state index in [2.05, 4.69) is 37.2 Å². The lowest BCUT2D eigenvalue weighted by molar-refractivity contribution is 0.0244. The summed E-state index contributed by atoms with van der Waals surface area (Å²) in [7, 11) is 2.66. The number of thioether (sulfide) groups is 1. The van der Waals surface area contributed by atoms with Gasteiger partial charge in [0.1, 0.15) is 23.7 Å². The van der Waals surface area contributed by atoms with Gasteiger partial charge in [0, 0.05) is 51.6 Å². The maximum Gasteiger partial charge on any atom is 0.356 e. The van der Waals surface area contributed by atoms with Crippen molar-refractivity contribution in [3.05, 3.63) is 83.4 Å². The van der Waals surface area contributed by atoms with Crippen molar-refractivity contribution >= 4 is 46.8 Å². The lowest BCUT2D eigenvalue weighted by Gasteiger charge is -2.22. The number of hydrogen-bond donors (Lipinski definition) is 1. The molecule has 2 aromatic heterocycles. The maximum atomic E-state index is 12.0. The van der Waals surface area contributed by atoms with Crippen molar-refractivity contribution in [1.82, 2.24) is 19.8 Å². The molecule has 0 saturated carbocycles. The van der Waals surface area contributed by atoms with Crippen LogP contribution in [-0.4, -0.2) is 173 Å². The highest BCUT2D eigenvalue weighted by Gasteiger charge is 2.13. The molecule has 0 aliphatic carbocycles. The van der Waals surface area contributed by atoms with E-state index in [1.165, 1.54) is 14.2 Å². The van der Waals surface area contributed by atoms with Gasteiger partial charge in [-0.3, -0.25) is 9.80 Å². The average molecular weight is 874 g/mol. The van der Waals surface area contributed by atoms with Gasteiger partial charge in [-0.2, -0.15) is 16.8 Å². The molecule has 0 unspecified atom stereocenters. The second-order valence-electron chi connectivity index (χ2n) is 12.9. The van der Waals surface area contributed by atoms with Crippen LogP contribution in [0, 0.1) is 0 Å². The predicted octanol–water partition coefficient (Wildman–Crippen LogP) is 4.37. The molecular weight excluding hydrogens is 815 g/mol. The summed E-state index contributed by atoms with van der Waals surface area (Å²) in [5, 5.41) is 11.9. The van der Waals surface area contributed by atoms with Gasteiger partial charge in [-0.25, -0.2) is 19.6 Å². The van der Waals surface area contributed by atoms with E-state index >= 15 is 0 Å². The van der Waals surface area contributed by atoms with Gasteiger partial charge in [0.2, 0.25) is 0 Å². The third-order valence-corrected chi connectivity index (χ3v) is 9.57. The molecule has 0 atom stereocenters. The number of thiocarbonyl (C=S) groups is 1. The molecule has 0 saturated heterocycles. The quantitative estimate of drug-likeness (QED) is 0.0382. The second kappa shape index (κ2) is 32.8. The van der Waals surface area contributed by atoms with Gasteiger partial charge in [-0.15, -0.1) is 0 Å².